The Morgan fingerprint density at radius 1 is 0.763 bits per heavy atom. The molecule has 6 N–H and O–H groups in total. The summed E-state index contributed by atoms with van der Waals surface area (Å²) in [6.45, 7) is 3.95. The number of nitrogens with one attached hydrogen (secondary N) is 2. The van der Waals surface area contributed by atoms with Crippen molar-refractivity contribution in [3.63, 3.8) is 0 Å². The van der Waals surface area contributed by atoms with E-state index < -0.39 is 32.3 Å². The van der Waals surface area contributed by atoms with Gasteiger partial charge in [-0.15, -0.1) is 0 Å². The highest BCUT2D eigenvalue weighted by Gasteiger charge is 2.17. The number of rotatable bonds is 14. The van der Waals surface area contributed by atoms with Gasteiger partial charge in [0.05, 0.1) is 17.2 Å². The van der Waals surface area contributed by atoms with Gasteiger partial charge in [-0.1, -0.05) is 57.7 Å². The minimum absolute atomic E-state index is 0.00408. The largest absolute Gasteiger partial charge is 0.382 e. The minimum atomic E-state index is -3.80. The van der Waals surface area contributed by atoms with Gasteiger partial charge in [-0.3, -0.25) is 0 Å². The second-order valence-electron chi connectivity index (χ2n) is 8.11. The Hall–Kier alpha value is -3.52. The van der Waals surface area contributed by atoms with Gasteiger partial charge in [0.25, 0.3) is 0 Å². The zero-order valence-corrected chi connectivity index (χ0v) is 23.1. The molecular weight excluding hydrogens is 536 g/mol. The third-order valence-corrected chi connectivity index (χ3v) is 7.12. The molecule has 0 heterocycles. The van der Waals surface area contributed by atoms with Crippen LogP contribution in [0.1, 0.15) is 52.4 Å². The van der Waals surface area contributed by atoms with E-state index in [1.165, 1.54) is 24.3 Å². The van der Waals surface area contributed by atoms with Gasteiger partial charge in [0, 0.05) is 11.8 Å². The molecule has 0 saturated heterocycles. The minimum Gasteiger partial charge on any atom is -0.382 e. The van der Waals surface area contributed by atoms with E-state index in [9.17, 15) is 21.6 Å². The number of unbranched alkanes of at least 4 members (excludes halogenated alkanes) is 4. The van der Waals surface area contributed by atoms with Crippen molar-refractivity contribution >= 4 is 43.7 Å². The molecule has 0 radical (unpaired) electrons. The summed E-state index contributed by atoms with van der Waals surface area (Å²) in [5.74, 6) is -0.118. The van der Waals surface area contributed by atoms with Crippen molar-refractivity contribution in [2.45, 2.75) is 52.4 Å². The van der Waals surface area contributed by atoms with Crippen LogP contribution in [-0.2, 0) is 20.2 Å². The van der Waals surface area contributed by atoms with Gasteiger partial charge in [-0.05, 0) is 37.1 Å². The lowest BCUT2D eigenvalue weighted by Crippen LogP contribution is -2.21. The number of carbonyl (C=O) groups excluding carboxylic acids is 2. The van der Waals surface area contributed by atoms with E-state index in [4.69, 9.17) is 13.2 Å². The van der Waals surface area contributed by atoms with Crippen molar-refractivity contribution in [2.75, 3.05) is 22.1 Å². The summed E-state index contributed by atoms with van der Waals surface area (Å²) in [5.41, 5.74) is 8.97. The number of hydrogen-bond donors (Lipinski definition) is 4. The molecule has 0 saturated carbocycles. The van der Waals surface area contributed by atoms with E-state index in [2.05, 4.69) is 22.1 Å². The number of carbonyl (C=O) groups is 2. The van der Waals surface area contributed by atoms with Crippen LogP contribution in [0, 0.1) is 0 Å². The van der Waals surface area contributed by atoms with Crippen molar-refractivity contribution in [3.05, 3.63) is 48.5 Å². The molecule has 0 aliphatic rings. The molecule has 4 amide bonds. The molecule has 0 aliphatic carbocycles. The van der Waals surface area contributed by atoms with Crippen LogP contribution in [0.2, 0.25) is 0 Å². The van der Waals surface area contributed by atoms with Gasteiger partial charge < -0.3 is 30.5 Å². The number of hydrogen-bond acceptors (Lipinski definition) is 8. The Labute approximate surface area is 224 Å². The van der Waals surface area contributed by atoms with Gasteiger partial charge in [-0.25, -0.2) is 9.59 Å². The van der Waals surface area contributed by atoms with Crippen molar-refractivity contribution in [1.29, 1.82) is 0 Å². The zero-order chi connectivity index (χ0) is 28.6. The number of amides is 4. The van der Waals surface area contributed by atoms with Gasteiger partial charge in [-0.2, -0.15) is 16.8 Å². The van der Waals surface area contributed by atoms with E-state index in [0.717, 1.165) is 25.7 Å². The van der Waals surface area contributed by atoms with Crippen LogP contribution in [0.4, 0.5) is 21.0 Å². The summed E-state index contributed by atoms with van der Waals surface area (Å²) in [5, 5.41) is 5.12. The number of anilines is 2. The molecule has 12 nitrogen and oxygen atoms in total. The Bertz CT molecular complexity index is 1250. The van der Waals surface area contributed by atoms with Crippen molar-refractivity contribution in [2.24, 2.45) is 11.5 Å². The molecular formula is C24H36N4O8S2. The summed E-state index contributed by atoms with van der Waals surface area (Å²) >= 11 is 0. The predicted molar refractivity (Wildman–Crippen MR) is 147 cm³/mol. The number of primary amides is 2. The van der Waals surface area contributed by atoms with Gasteiger partial charge in [0.2, 0.25) is 0 Å². The lowest BCUT2D eigenvalue weighted by atomic mass is 10.3. The average Bonchev–Trinajstić information content (AvgIpc) is 2.80. The molecule has 2 aromatic carbocycles. The molecule has 0 spiro atoms. The third kappa shape index (κ3) is 14.3. The maximum atomic E-state index is 12.5. The van der Waals surface area contributed by atoms with Crippen LogP contribution in [0.15, 0.2) is 48.5 Å². The molecule has 0 aromatic heterocycles. The Kier molecular flexibility index (Phi) is 14.0. The monoisotopic (exact) mass is 572 g/mol. The molecule has 0 unspecified atom stereocenters. The summed E-state index contributed by atoms with van der Waals surface area (Å²) < 4.78 is 59.0. The number of nitrogens with two attached hydrogens (primary N) is 2. The average molecular weight is 573 g/mol. The number of para-hydroxylation sites is 2. The predicted octanol–water partition coefficient (Wildman–Crippen LogP) is 4.15. The quantitative estimate of drug-likeness (QED) is 0.191. The molecule has 0 bridgehead atoms. The first kappa shape index (κ1) is 32.5. The standard InChI is InChI=1S/C23H32N2O7S2.CH4N2O/c1-3-5-9-16-33(27,28)31-20-13-11-12-19(18-20)24-23(26)25-21-14-7-8-15-22(21)32-34(29,30)17-10-6-4-2;2-1(3)4/h7-8,11-15,18H,3-6,9-10,16-17H2,1-2H3,(H2,24,25,26);(H4,2,3,4). The van der Waals surface area contributed by atoms with Crippen molar-refractivity contribution < 1.29 is 34.8 Å². The first-order valence-electron chi connectivity index (χ1n) is 12.0. The Morgan fingerprint density at radius 3 is 1.89 bits per heavy atom. The van der Waals surface area contributed by atoms with E-state index in [1.807, 2.05) is 13.8 Å². The maximum absolute atomic E-state index is 12.5. The fourth-order valence-electron chi connectivity index (χ4n) is 2.98. The Morgan fingerprint density at radius 2 is 1.32 bits per heavy atom. The molecule has 0 fully saturated rings. The molecule has 0 atom stereocenters. The van der Waals surface area contributed by atoms with Crippen LogP contribution in [-0.4, -0.2) is 40.4 Å². The van der Waals surface area contributed by atoms with Gasteiger partial charge in [0.1, 0.15) is 5.75 Å². The lowest BCUT2D eigenvalue weighted by Gasteiger charge is -2.13. The maximum Gasteiger partial charge on any atom is 0.323 e. The zero-order valence-electron chi connectivity index (χ0n) is 21.5. The summed E-state index contributed by atoms with van der Waals surface area (Å²) in [6.07, 6.45) is 4.33. The number of benzene rings is 2. The van der Waals surface area contributed by atoms with Crippen LogP contribution in [0.25, 0.3) is 0 Å². The van der Waals surface area contributed by atoms with Crippen LogP contribution in [0.3, 0.4) is 0 Å². The van der Waals surface area contributed by atoms with Gasteiger partial charge >= 0.3 is 32.3 Å². The molecule has 14 heteroatoms. The first-order valence-corrected chi connectivity index (χ1v) is 15.2. The first-order chi connectivity index (χ1) is 17.9. The van der Waals surface area contributed by atoms with Crippen molar-refractivity contribution in [1.82, 2.24) is 0 Å². The van der Waals surface area contributed by atoms with E-state index in [0.29, 0.717) is 18.5 Å². The van der Waals surface area contributed by atoms with Gasteiger partial charge in [0.15, 0.2) is 5.75 Å². The highest BCUT2D eigenvalue weighted by Crippen LogP contribution is 2.26. The van der Waals surface area contributed by atoms with Crippen LogP contribution in [0.5, 0.6) is 11.5 Å². The highest BCUT2D eigenvalue weighted by molar-refractivity contribution is 7.87. The highest BCUT2D eigenvalue weighted by atomic mass is 32.2. The Balaban J connectivity index is 0.00000168. The van der Waals surface area contributed by atoms with E-state index in [1.54, 1.807) is 24.3 Å². The molecule has 38 heavy (non-hydrogen) atoms. The molecule has 212 valence electrons. The second-order valence-corrected chi connectivity index (χ2v) is 11.5. The lowest BCUT2D eigenvalue weighted by molar-refractivity contribution is 0.256. The van der Waals surface area contributed by atoms with Crippen LogP contribution < -0.4 is 30.5 Å². The third-order valence-electron chi connectivity index (χ3n) is 4.66. The summed E-state index contributed by atoms with van der Waals surface area (Å²) in [6, 6.07) is 10.7. The fraction of sp³-hybridized carbons (Fsp3) is 0.417. The van der Waals surface area contributed by atoms with E-state index >= 15 is 0 Å². The summed E-state index contributed by atoms with van der Waals surface area (Å²) in [4.78, 5) is 21.5. The molecule has 0 aliphatic heterocycles. The second kappa shape index (κ2) is 16.3. The SMILES string of the molecule is CCCCCS(=O)(=O)Oc1cccc(NC(=O)Nc2ccccc2OS(=O)(=O)CCCCC)c1.NC(N)=O. The summed E-state index contributed by atoms with van der Waals surface area (Å²) in [7, 11) is -7.53. The van der Waals surface area contributed by atoms with Crippen molar-refractivity contribution in [3.8, 4) is 11.5 Å². The number of urea groups is 2. The smallest absolute Gasteiger partial charge is 0.323 e. The molecule has 2 aromatic rings. The van der Waals surface area contributed by atoms with E-state index in [-0.39, 0.29) is 28.7 Å². The normalized spacial score (nSPS) is 11.0. The van der Waals surface area contributed by atoms with Crippen LogP contribution >= 0.6 is 0 Å². The molecule has 2 rings (SSSR count). The topological polar surface area (TPSA) is 197 Å². The fourth-order valence-corrected chi connectivity index (χ4v) is 5.08.